The van der Waals surface area contributed by atoms with Crippen molar-refractivity contribution in [2.24, 2.45) is 4.99 Å². The topological polar surface area (TPSA) is 55.7 Å². The van der Waals surface area contributed by atoms with Crippen molar-refractivity contribution < 1.29 is 14.3 Å². The van der Waals surface area contributed by atoms with E-state index < -0.39 is 15.4 Å². The lowest BCUT2D eigenvalue weighted by Gasteiger charge is -2.15. The Morgan fingerprint density at radius 1 is 1.50 bits per heavy atom. The molecule has 0 saturated heterocycles. The van der Waals surface area contributed by atoms with Crippen LogP contribution in [0.25, 0.3) is 0 Å². The van der Waals surface area contributed by atoms with Crippen LogP contribution in [0.1, 0.15) is 0 Å². The molecule has 0 fully saturated rings. The van der Waals surface area contributed by atoms with Crippen LogP contribution in [-0.2, 0) is 9.53 Å². The molecule has 0 aliphatic heterocycles. The fourth-order valence-corrected chi connectivity index (χ4v) is 0.429. The van der Waals surface area contributed by atoms with Crippen LogP contribution in [-0.4, -0.2) is 21.5 Å². The Hall–Kier alpha value is 0.01000. The monoisotopic (exact) mass is 251 g/mol. The molecule has 0 spiro atoms. The molecule has 0 aliphatic carbocycles. The molecule has 1 unspecified atom stereocenters. The molecule has 0 heterocycles. The summed E-state index contributed by atoms with van der Waals surface area (Å²) in [6.45, 7) is 0. The number of carbonyl (C=O) groups excluding carboxylic acids is 2. The third kappa shape index (κ3) is 4.80. The van der Waals surface area contributed by atoms with E-state index in [9.17, 15) is 9.59 Å². The maximum atomic E-state index is 10.4. The van der Waals surface area contributed by atoms with E-state index in [4.69, 9.17) is 46.4 Å². The van der Waals surface area contributed by atoms with Crippen molar-refractivity contribution in [3.05, 3.63) is 0 Å². The lowest BCUT2D eigenvalue weighted by atomic mass is 10.8. The number of isocyanates is 1. The molecular weight excluding hydrogens is 252 g/mol. The predicted octanol–water partition coefficient (Wildman–Crippen LogP) is 2.39. The van der Waals surface area contributed by atoms with Gasteiger partial charge in [0.1, 0.15) is 0 Å². The summed E-state index contributed by atoms with van der Waals surface area (Å²) in [6.07, 6.45) is -0.330. The molecule has 0 saturated carbocycles. The van der Waals surface area contributed by atoms with E-state index in [0.717, 1.165) is 6.08 Å². The molecule has 0 N–H and O–H groups in total. The van der Waals surface area contributed by atoms with Gasteiger partial charge in [-0.15, -0.1) is 0 Å². The third-order valence-electron chi connectivity index (χ3n) is 0.599. The molecule has 0 rings (SSSR count). The van der Waals surface area contributed by atoms with Gasteiger partial charge in [-0.1, -0.05) is 51.4 Å². The molecule has 1 amide bonds. The quantitative estimate of drug-likeness (QED) is 0.409. The van der Waals surface area contributed by atoms with Gasteiger partial charge < -0.3 is 4.74 Å². The van der Waals surface area contributed by atoms with Gasteiger partial charge >= 0.3 is 6.09 Å². The number of aliphatic imine (C=N–C) groups is 1. The normalized spacial score (nSPS) is 13.0. The van der Waals surface area contributed by atoms with E-state index in [1.54, 1.807) is 0 Å². The second-order valence-corrected chi connectivity index (χ2v) is 4.21. The van der Waals surface area contributed by atoms with Gasteiger partial charge in [-0.2, -0.15) is 0 Å². The summed E-state index contributed by atoms with van der Waals surface area (Å²) in [6, 6.07) is 0. The van der Waals surface area contributed by atoms with Crippen LogP contribution in [0.3, 0.4) is 0 Å². The van der Waals surface area contributed by atoms with Crippen LogP contribution >= 0.6 is 46.4 Å². The number of alkyl halides is 4. The number of carbonyl (C=O) groups is 1. The number of nitrogens with zero attached hydrogens (tertiary/aromatic N) is 1. The number of hydrogen-bond acceptors (Lipinski definition) is 3. The van der Waals surface area contributed by atoms with E-state index in [2.05, 4.69) is 9.73 Å². The first kappa shape index (κ1) is 12.0. The molecular formula is C4HCl4NO3. The fourth-order valence-electron chi connectivity index (χ4n) is 0.219. The first-order valence-corrected chi connectivity index (χ1v) is 3.94. The molecule has 0 aromatic carbocycles. The fraction of sp³-hybridized carbons (Fsp3) is 0.500. The minimum Gasteiger partial charge on any atom is -0.423 e. The highest BCUT2D eigenvalue weighted by Gasteiger charge is 2.34. The first-order valence-electron chi connectivity index (χ1n) is 2.37. The first-order chi connectivity index (χ1) is 5.38. The van der Waals surface area contributed by atoms with E-state index >= 15 is 0 Å². The highest BCUT2D eigenvalue weighted by atomic mass is 35.6. The zero-order valence-electron chi connectivity index (χ0n) is 5.26. The Morgan fingerprint density at radius 3 is 2.33 bits per heavy atom. The molecule has 0 aromatic rings. The van der Waals surface area contributed by atoms with Crippen molar-refractivity contribution in [2.45, 2.75) is 9.36 Å². The average Bonchev–Trinajstić information content (AvgIpc) is 1.85. The Morgan fingerprint density at radius 2 is 2.00 bits per heavy atom. The number of amides is 1. The second-order valence-electron chi connectivity index (χ2n) is 1.44. The minimum atomic E-state index is -1.96. The lowest BCUT2D eigenvalue weighted by Crippen LogP contribution is -2.24. The Bertz CT molecular complexity index is 219. The summed E-state index contributed by atoms with van der Waals surface area (Å²) in [7, 11) is 0. The van der Waals surface area contributed by atoms with Gasteiger partial charge in [0, 0.05) is 0 Å². The molecule has 12 heavy (non-hydrogen) atoms. The Labute approximate surface area is 87.4 Å². The Kier molecular flexibility index (Phi) is 4.90. The van der Waals surface area contributed by atoms with Crippen molar-refractivity contribution >= 4 is 58.6 Å². The van der Waals surface area contributed by atoms with Crippen molar-refractivity contribution in [1.29, 1.82) is 0 Å². The summed E-state index contributed by atoms with van der Waals surface area (Å²) in [5, 5.41) is 0. The molecule has 0 aliphatic rings. The molecule has 0 radical (unpaired) electrons. The second kappa shape index (κ2) is 4.90. The van der Waals surface area contributed by atoms with E-state index in [-0.39, 0.29) is 0 Å². The molecule has 1 atom stereocenters. The summed E-state index contributed by atoms with van der Waals surface area (Å²) < 4.78 is 2.19. The standard InChI is InChI=1S/C4HCl4NO3/c5-2(4(6,7)8)12-3(11)9-1-10/h2H. The maximum absolute atomic E-state index is 10.4. The summed E-state index contributed by atoms with van der Waals surface area (Å²) in [4.78, 5) is 22.5. The maximum Gasteiger partial charge on any atom is 0.446 e. The Balaban J connectivity index is 4.10. The average molecular weight is 253 g/mol. The molecule has 0 bridgehead atoms. The van der Waals surface area contributed by atoms with E-state index in [1.807, 2.05) is 0 Å². The van der Waals surface area contributed by atoms with Crippen LogP contribution in [0.15, 0.2) is 4.99 Å². The zero-order chi connectivity index (χ0) is 9.78. The van der Waals surface area contributed by atoms with Crippen molar-refractivity contribution in [3.8, 4) is 0 Å². The van der Waals surface area contributed by atoms with Crippen molar-refractivity contribution in [3.63, 3.8) is 0 Å². The largest absolute Gasteiger partial charge is 0.446 e. The number of halogens is 4. The van der Waals surface area contributed by atoms with Gasteiger partial charge in [0.15, 0.2) is 0 Å². The molecule has 4 nitrogen and oxygen atoms in total. The highest BCUT2D eigenvalue weighted by Crippen LogP contribution is 2.34. The number of rotatable bonds is 1. The molecule has 8 heteroatoms. The van der Waals surface area contributed by atoms with E-state index in [1.165, 1.54) is 0 Å². The van der Waals surface area contributed by atoms with Crippen LogP contribution < -0.4 is 0 Å². The van der Waals surface area contributed by atoms with Gasteiger partial charge in [0.25, 0.3) is 0 Å². The van der Waals surface area contributed by atoms with Crippen LogP contribution in [0.2, 0.25) is 0 Å². The van der Waals surface area contributed by atoms with Crippen LogP contribution in [0.5, 0.6) is 0 Å². The summed E-state index contributed by atoms with van der Waals surface area (Å²) in [5.74, 6) is 0. The van der Waals surface area contributed by atoms with Crippen LogP contribution in [0, 0.1) is 0 Å². The van der Waals surface area contributed by atoms with Crippen LogP contribution in [0.4, 0.5) is 4.79 Å². The highest BCUT2D eigenvalue weighted by molar-refractivity contribution is 6.70. The van der Waals surface area contributed by atoms with Crippen molar-refractivity contribution in [1.82, 2.24) is 0 Å². The zero-order valence-corrected chi connectivity index (χ0v) is 8.28. The summed E-state index contributed by atoms with van der Waals surface area (Å²) in [5.41, 5.74) is -1.51. The minimum absolute atomic E-state index is 0.937. The number of ether oxygens (including phenoxy) is 1. The lowest BCUT2D eigenvalue weighted by molar-refractivity contribution is 0.144. The SMILES string of the molecule is O=C=NC(=O)OC(Cl)C(Cl)(Cl)Cl. The summed E-state index contributed by atoms with van der Waals surface area (Å²) >= 11 is 20.9. The smallest absolute Gasteiger partial charge is 0.423 e. The van der Waals surface area contributed by atoms with Gasteiger partial charge in [-0.3, -0.25) is 0 Å². The van der Waals surface area contributed by atoms with Gasteiger partial charge in [0.05, 0.1) is 0 Å². The van der Waals surface area contributed by atoms with Gasteiger partial charge in [0.2, 0.25) is 15.4 Å². The molecule has 68 valence electrons. The molecule has 0 aromatic heterocycles. The number of hydrogen-bond donors (Lipinski definition) is 0. The van der Waals surface area contributed by atoms with Crippen molar-refractivity contribution in [2.75, 3.05) is 0 Å². The predicted molar refractivity (Wildman–Crippen MR) is 44.5 cm³/mol. The van der Waals surface area contributed by atoms with Gasteiger partial charge in [-0.05, 0) is 0 Å². The van der Waals surface area contributed by atoms with Gasteiger partial charge in [-0.25, -0.2) is 9.59 Å². The van der Waals surface area contributed by atoms with E-state index in [0.29, 0.717) is 0 Å². The third-order valence-corrected chi connectivity index (χ3v) is 1.94.